The summed E-state index contributed by atoms with van der Waals surface area (Å²) in [5.74, 6) is 0.295. The predicted octanol–water partition coefficient (Wildman–Crippen LogP) is 3.24. The van der Waals surface area contributed by atoms with E-state index in [4.69, 9.17) is 5.73 Å². The first-order valence-electron chi connectivity index (χ1n) is 6.63. The Bertz CT molecular complexity index is 687. The Morgan fingerprint density at radius 1 is 1.10 bits per heavy atom. The highest BCUT2D eigenvalue weighted by Crippen LogP contribution is 2.32. The average molecular weight is 264 g/mol. The summed E-state index contributed by atoms with van der Waals surface area (Å²) in [4.78, 5) is 12.6. The molecule has 20 heavy (non-hydrogen) atoms. The van der Waals surface area contributed by atoms with Gasteiger partial charge in [0, 0.05) is 29.7 Å². The Balaban J connectivity index is 2.13. The Morgan fingerprint density at radius 3 is 2.60 bits per heavy atom. The van der Waals surface area contributed by atoms with Crippen LogP contribution in [-0.4, -0.2) is 15.0 Å². The molecule has 2 aromatic heterocycles. The summed E-state index contributed by atoms with van der Waals surface area (Å²) in [6, 6.07) is 3.88. The average Bonchev–Trinajstić information content (AvgIpc) is 2.49. The smallest absolute Gasteiger partial charge is 0.220 e. The van der Waals surface area contributed by atoms with Crippen LogP contribution in [-0.2, 0) is 0 Å². The third kappa shape index (κ3) is 2.45. The second-order valence-electron chi connectivity index (χ2n) is 4.93. The van der Waals surface area contributed by atoms with Gasteiger partial charge in [-0.3, -0.25) is 4.98 Å². The van der Waals surface area contributed by atoms with Crippen molar-refractivity contribution < 1.29 is 0 Å². The number of hydrogen-bond donors (Lipinski definition) is 1. The maximum absolute atomic E-state index is 5.75. The van der Waals surface area contributed by atoms with Gasteiger partial charge in [0.2, 0.25) is 5.95 Å². The summed E-state index contributed by atoms with van der Waals surface area (Å²) in [5.41, 5.74) is 11.3. The lowest BCUT2D eigenvalue weighted by molar-refractivity contribution is 0.973. The quantitative estimate of drug-likeness (QED) is 0.904. The van der Waals surface area contributed by atoms with E-state index in [2.05, 4.69) is 34.0 Å². The molecule has 2 N–H and O–H groups in total. The zero-order chi connectivity index (χ0) is 13.9. The molecule has 100 valence electrons. The first-order valence-corrected chi connectivity index (χ1v) is 6.63. The minimum absolute atomic E-state index is 0.295. The minimum Gasteiger partial charge on any atom is -0.368 e. The van der Waals surface area contributed by atoms with Crippen molar-refractivity contribution in [1.29, 1.82) is 0 Å². The maximum atomic E-state index is 5.75. The van der Waals surface area contributed by atoms with Gasteiger partial charge in [0.25, 0.3) is 0 Å². The third-order valence-corrected chi connectivity index (χ3v) is 3.46. The molecule has 0 aliphatic heterocycles. The van der Waals surface area contributed by atoms with Crippen molar-refractivity contribution in [2.24, 2.45) is 0 Å². The van der Waals surface area contributed by atoms with Crippen LogP contribution in [0.4, 0.5) is 5.95 Å². The van der Waals surface area contributed by atoms with Gasteiger partial charge in [0.05, 0.1) is 5.69 Å². The third-order valence-electron chi connectivity index (χ3n) is 3.46. The molecule has 4 heteroatoms. The molecule has 0 saturated carbocycles. The molecule has 0 radical (unpaired) electrons. The lowest BCUT2D eigenvalue weighted by Crippen LogP contribution is -2.02. The van der Waals surface area contributed by atoms with Crippen LogP contribution in [0.3, 0.4) is 0 Å². The Labute approximate surface area is 118 Å². The van der Waals surface area contributed by atoms with Crippen molar-refractivity contribution in [1.82, 2.24) is 15.0 Å². The summed E-state index contributed by atoms with van der Waals surface area (Å²) in [5, 5.41) is 0. The van der Waals surface area contributed by atoms with Gasteiger partial charge >= 0.3 is 0 Å². The molecule has 2 heterocycles. The topological polar surface area (TPSA) is 64.7 Å². The summed E-state index contributed by atoms with van der Waals surface area (Å²) < 4.78 is 0. The second-order valence-corrected chi connectivity index (χ2v) is 4.93. The molecule has 0 spiro atoms. The van der Waals surface area contributed by atoms with E-state index in [1.165, 1.54) is 11.1 Å². The van der Waals surface area contributed by atoms with Crippen LogP contribution >= 0.6 is 0 Å². The molecule has 4 nitrogen and oxygen atoms in total. The van der Waals surface area contributed by atoms with Crippen LogP contribution in [0.15, 0.2) is 48.4 Å². The fraction of sp³-hybridized carbons (Fsp3) is 0.188. The Morgan fingerprint density at radius 2 is 1.90 bits per heavy atom. The molecular formula is C16H16N4. The van der Waals surface area contributed by atoms with Crippen molar-refractivity contribution in [3.05, 3.63) is 54.0 Å². The van der Waals surface area contributed by atoms with Crippen molar-refractivity contribution in [3.63, 3.8) is 0 Å². The van der Waals surface area contributed by atoms with Crippen LogP contribution in [0.25, 0.3) is 16.8 Å². The molecular weight excluding hydrogens is 248 g/mol. The van der Waals surface area contributed by atoms with E-state index in [1.807, 2.05) is 18.3 Å². The van der Waals surface area contributed by atoms with Crippen LogP contribution in [0.5, 0.6) is 0 Å². The minimum atomic E-state index is 0.295. The standard InChI is InChI=1S/C16H16N4/c1-11-2-4-12(5-3-11)14-10-19-16(17)20-15(14)13-6-8-18-9-7-13/h2,4,6-10H,3,5H2,1H3,(H2,17,19,20). The Kier molecular flexibility index (Phi) is 3.29. The number of rotatable bonds is 2. The number of anilines is 1. The number of pyridine rings is 1. The van der Waals surface area contributed by atoms with Gasteiger partial charge in [-0.2, -0.15) is 0 Å². The molecule has 0 saturated heterocycles. The summed E-state index contributed by atoms with van der Waals surface area (Å²) in [7, 11) is 0. The highest BCUT2D eigenvalue weighted by atomic mass is 15.0. The zero-order valence-electron chi connectivity index (χ0n) is 11.4. The van der Waals surface area contributed by atoms with Crippen molar-refractivity contribution >= 4 is 11.5 Å². The van der Waals surface area contributed by atoms with Gasteiger partial charge < -0.3 is 5.73 Å². The van der Waals surface area contributed by atoms with Crippen molar-refractivity contribution in [2.75, 3.05) is 5.73 Å². The summed E-state index contributed by atoms with van der Waals surface area (Å²) in [6.07, 6.45) is 11.7. The van der Waals surface area contributed by atoms with Gasteiger partial charge in [0.1, 0.15) is 0 Å². The van der Waals surface area contributed by atoms with Gasteiger partial charge in [-0.25, -0.2) is 9.97 Å². The maximum Gasteiger partial charge on any atom is 0.220 e. The van der Waals surface area contributed by atoms with E-state index in [9.17, 15) is 0 Å². The first kappa shape index (κ1) is 12.5. The first-order chi connectivity index (χ1) is 9.74. The number of hydrogen-bond acceptors (Lipinski definition) is 4. The fourth-order valence-electron chi connectivity index (χ4n) is 2.33. The molecule has 3 rings (SSSR count). The van der Waals surface area contributed by atoms with Gasteiger partial charge in [0.15, 0.2) is 0 Å². The predicted molar refractivity (Wildman–Crippen MR) is 80.6 cm³/mol. The summed E-state index contributed by atoms with van der Waals surface area (Å²) >= 11 is 0. The van der Waals surface area contributed by atoms with Crippen LogP contribution in [0.1, 0.15) is 25.3 Å². The number of allylic oxidation sites excluding steroid dienone is 4. The highest BCUT2D eigenvalue weighted by molar-refractivity contribution is 5.80. The molecule has 0 atom stereocenters. The van der Waals surface area contributed by atoms with Crippen LogP contribution in [0, 0.1) is 0 Å². The lowest BCUT2D eigenvalue weighted by atomic mass is 9.92. The van der Waals surface area contributed by atoms with Crippen molar-refractivity contribution in [2.45, 2.75) is 19.8 Å². The summed E-state index contributed by atoms with van der Waals surface area (Å²) in [6.45, 7) is 2.15. The number of nitrogens with zero attached hydrogens (tertiary/aromatic N) is 3. The largest absolute Gasteiger partial charge is 0.368 e. The molecule has 0 amide bonds. The van der Waals surface area contributed by atoms with E-state index >= 15 is 0 Å². The van der Waals surface area contributed by atoms with Crippen LogP contribution in [0.2, 0.25) is 0 Å². The Hall–Kier alpha value is -2.49. The molecule has 2 aromatic rings. The van der Waals surface area contributed by atoms with Gasteiger partial charge in [-0.15, -0.1) is 0 Å². The molecule has 0 bridgehead atoms. The second kappa shape index (κ2) is 5.25. The van der Waals surface area contributed by atoms with Gasteiger partial charge in [-0.1, -0.05) is 17.7 Å². The molecule has 0 aromatic carbocycles. The lowest BCUT2D eigenvalue weighted by Gasteiger charge is -2.15. The molecule has 0 unspecified atom stereocenters. The number of nitrogens with two attached hydrogens (primary N) is 1. The zero-order valence-corrected chi connectivity index (χ0v) is 11.4. The highest BCUT2D eigenvalue weighted by Gasteiger charge is 2.14. The SMILES string of the molecule is CC1=CC=C(c2cnc(N)nc2-c2ccncc2)CC1. The van der Waals surface area contributed by atoms with E-state index in [1.54, 1.807) is 12.4 Å². The monoisotopic (exact) mass is 264 g/mol. The van der Waals surface area contributed by atoms with Crippen molar-refractivity contribution in [3.8, 4) is 11.3 Å². The molecule has 0 fully saturated rings. The fourth-order valence-corrected chi connectivity index (χ4v) is 2.33. The van der Waals surface area contributed by atoms with E-state index in [0.29, 0.717) is 5.95 Å². The number of aromatic nitrogens is 3. The normalized spacial score (nSPS) is 14.7. The van der Waals surface area contributed by atoms with Crippen LogP contribution < -0.4 is 5.73 Å². The van der Waals surface area contributed by atoms with E-state index in [-0.39, 0.29) is 0 Å². The number of nitrogen functional groups attached to an aromatic ring is 1. The van der Waals surface area contributed by atoms with E-state index in [0.717, 1.165) is 29.7 Å². The van der Waals surface area contributed by atoms with E-state index < -0.39 is 0 Å². The molecule has 1 aliphatic carbocycles. The van der Waals surface area contributed by atoms with Gasteiger partial charge in [-0.05, 0) is 37.5 Å². The molecule has 1 aliphatic rings.